The number of hydrogen-bond acceptors (Lipinski definition) is 5. The summed E-state index contributed by atoms with van der Waals surface area (Å²) in [6.45, 7) is 2.25. The van der Waals surface area contributed by atoms with Crippen molar-refractivity contribution < 1.29 is 9.59 Å². The Morgan fingerprint density at radius 2 is 1.70 bits per heavy atom. The van der Waals surface area contributed by atoms with E-state index in [0.717, 1.165) is 5.75 Å². The molecule has 0 aromatic carbocycles. The molecule has 1 rings (SSSR count). The average molecular weight is 395 g/mol. The van der Waals surface area contributed by atoms with Crippen molar-refractivity contribution in [1.82, 2.24) is 10.4 Å². The van der Waals surface area contributed by atoms with E-state index in [1.807, 2.05) is 0 Å². The molecular formula is C20H34N4O2S. The topological polar surface area (TPSA) is 83.1 Å². The van der Waals surface area contributed by atoms with E-state index in [1.54, 1.807) is 30.1 Å². The van der Waals surface area contributed by atoms with Crippen LogP contribution in [0.1, 0.15) is 71.1 Å². The fourth-order valence-electron chi connectivity index (χ4n) is 2.70. The van der Waals surface area contributed by atoms with E-state index in [9.17, 15) is 9.59 Å². The molecule has 152 valence electrons. The van der Waals surface area contributed by atoms with Crippen LogP contribution in [0.3, 0.4) is 0 Å². The van der Waals surface area contributed by atoms with Crippen molar-refractivity contribution in [1.29, 1.82) is 0 Å². The highest BCUT2D eigenvalue weighted by Crippen LogP contribution is 2.13. The average Bonchev–Trinajstić information content (AvgIpc) is 2.68. The zero-order chi connectivity index (χ0) is 19.6. The minimum atomic E-state index is -0.0133. The van der Waals surface area contributed by atoms with Gasteiger partial charge in [0.15, 0.2) is 0 Å². The number of aromatic nitrogens is 1. The second kappa shape index (κ2) is 16.4. The van der Waals surface area contributed by atoms with Gasteiger partial charge >= 0.3 is 0 Å². The van der Waals surface area contributed by atoms with E-state index < -0.39 is 0 Å². The van der Waals surface area contributed by atoms with Crippen LogP contribution in [0.5, 0.6) is 0 Å². The van der Waals surface area contributed by atoms with Crippen molar-refractivity contribution >= 4 is 35.6 Å². The van der Waals surface area contributed by atoms with Gasteiger partial charge in [-0.25, -0.2) is 4.98 Å². The first-order valence-corrected chi connectivity index (χ1v) is 11.2. The smallest absolute Gasteiger partial charge is 0.234 e. The van der Waals surface area contributed by atoms with Crippen molar-refractivity contribution in [2.45, 2.75) is 71.1 Å². The van der Waals surface area contributed by atoms with Gasteiger partial charge < -0.3 is 5.32 Å². The SMILES string of the molecule is CCCCCCCCCCCCSCC(=O)Nc1ccc(NNC=O)nc1. The lowest BCUT2D eigenvalue weighted by Gasteiger charge is -2.07. The molecule has 0 aliphatic rings. The molecule has 1 aromatic heterocycles. The van der Waals surface area contributed by atoms with Gasteiger partial charge in [0.25, 0.3) is 0 Å². The van der Waals surface area contributed by atoms with Gasteiger partial charge in [0.2, 0.25) is 12.3 Å². The van der Waals surface area contributed by atoms with Crippen molar-refractivity contribution in [3.05, 3.63) is 18.3 Å². The molecule has 27 heavy (non-hydrogen) atoms. The molecule has 1 heterocycles. The third-order valence-electron chi connectivity index (χ3n) is 4.18. The number of anilines is 2. The van der Waals surface area contributed by atoms with Gasteiger partial charge in [-0.15, -0.1) is 0 Å². The van der Waals surface area contributed by atoms with E-state index in [-0.39, 0.29) is 5.91 Å². The Labute approximate surface area is 167 Å². The molecule has 0 spiro atoms. The highest BCUT2D eigenvalue weighted by atomic mass is 32.2. The Balaban J connectivity index is 1.96. The number of hydrogen-bond donors (Lipinski definition) is 3. The Hall–Kier alpha value is -1.76. The standard InChI is InChI=1S/C20H34N4O2S/c1-2-3-4-5-6-7-8-9-10-11-14-27-16-20(26)23-18-12-13-19(21-15-18)24-22-17-25/h12-13,15,17H,2-11,14,16H2,1H3,(H,21,24)(H,22,25)(H,23,26). The minimum absolute atomic E-state index is 0.0133. The van der Waals surface area contributed by atoms with Crippen molar-refractivity contribution in [3.8, 4) is 0 Å². The van der Waals surface area contributed by atoms with Crippen molar-refractivity contribution in [3.63, 3.8) is 0 Å². The summed E-state index contributed by atoms with van der Waals surface area (Å²) < 4.78 is 0. The molecule has 7 heteroatoms. The molecule has 1 aromatic rings. The van der Waals surface area contributed by atoms with E-state index >= 15 is 0 Å². The van der Waals surface area contributed by atoms with Gasteiger partial charge in [-0.3, -0.25) is 20.4 Å². The molecule has 0 aliphatic heterocycles. The summed E-state index contributed by atoms with van der Waals surface area (Å²) in [5.74, 6) is 1.99. The summed E-state index contributed by atoms with van der Waals surface area (Å²) >= 11 is 1.68. The van der Waals surface area contributed by atoms with E-state index in [4.69, 9.17) is 0 Å². The minimum Gasteiger partial charge on any atom is -0.324 e. The lowest BCUT2D eigenvalue weighted by atomic mass is 10.1. The Kier molecular flexibility index (Phi) is 14.2. The number of rotatable bonds is 17. The number of pyridine rings is 1. The molecular weight excluding hydrogens is 360 g/mol. The predicted octanol–water partition coefficient (Wildman–Crippen LogP) is 4.75. The zero-order valence-electron chi connectivity index (χ0n) is 16.5. The Morgan fingerprint density at radius 1 is 1.04 bits per heavy atom. The molecule has 0 fully saturated rings. The fourth-order valence-corrected chi connectivity index (χ4v) is 3.51. The molecule has 3 N–H and O–H groups in total. The highest BCUT2D eigenvalue weighted by Gasteiger charge is 2.03. The normalized spacial score (nSPS) is 10.4. The Bertz CT molecular complexity index is 511. The quantitative estimate of drug-likeness (QED) is 0.202. The van der Waals surface area contributed by atoms with Gasteiger partial charge in [0.1, 0.15) is 5.82 Å². The number of hydrazine groups is 1. The van der Waals surface area contributed by atoms with Crippen LogP contribution in [0, 0.1) is 0 Å². The molecule has 0 atom stereocenters. The molecule has 6 nitrogen and oxygen atoms in total. The molecule has 0 aliphatic carbocycles. The van der Waals surface area contributed by atoms with Crippen LogP contribution in [-0.2, 0) is 9.59 Å². The molecule has 0 saturated carbocycles. The number of unbranched alkanes of at least 4 members (excludes halogenated alkanes) is 9. The summed E-state index contributed by atoms with van der Waals surface area (Å²) in [7, 11) is 0. The summed E-state index contributed by atoms with van der Waals surface area (Å²) in [6, 6.07) is 3.43. The summed E-state index contributed by atoms with van der Waals surface area (Å²) in [5, 5.41) is 2.82. The van der Waals surface area contributed by atoms with Gasteiger partial charge in [0.05, 0.1) is 17.6 Å². The van der Waals surface area contributed by atoms with Crippen LogP contribution in [0.4, 0.5) is 11.5 Å². The van der Waals surface area contributed by atoms with E-state index in [1.165, 1.54) is 64.2 Å². The molecule has 0 bridgehead atoms. The number of amides is 2. The summed E-state index contributed by atoms with van der Waals surface area (Å²) in [6.07, 6.45) is 15.4. The second-order valence-electron chi connectivity index (χ2n) is 6.60. The van der Waals surface area contributed by atoms with Crippen LogP contribution in [0.15, 0.2) is 18.3 Å². The molecule has 0 unspecified atom stereocenters. The summed E-state index contributed by atoms with van der Waals surface area (Å²) in [5.41, 5.74) is 5.56. The van der Waals surface area contributed by atoms with Crippen molar-refractivity contribution in [2.75, 3.05) is 22.2 Å². The van der Waals surface area contributed by atoms with Crippen LogP contribution >= 0.6 is 11.8 Å². The van der Waals surface area contributed by atoms with Crippen LogP contribution in [0.25, 0.3) is 0 Å². The monoisotopic (exact) mass is 394 g/mol. The van der Waals surface area contributed by atoms with Crippen LogP contribution < -0.4 is 16.2 Å². The largest absolute Gasteiger partial charge is 0.324 e. The maximum absolute atomic E-state index is 11.9. The lowest BCUT2D eigenvalue weighted by Crippen LogP contribution is -2.20. The van der Waals surface area contributed by atoms with Gasteiger partial charge in [0, 0.05) is 0 Å². The third kappa shape index (κ3) is 13.1. The number of thioether (sulfide) groups is 1. The third-order valence-corrected chi connectivity index (χ3v) is 5.23. The maximum atomic E-state index is 11.9. The molecule has 0 saturated heterocycles. The lowest BCUT2D eigenvalue weighted by molar-refractivity contribution is -0.113. The predicted molar refractivity (Wildman–Crippen MR) is 115 cm³/mol. The first-order valence-electron chi connectivity index (χ1n) is 10.0. The number of carbonyl (C=O) groups excluding carboxylic acids is 2. The van der Waals surface area contributed by atoms with Crippen LogP contribution in [0.2, 0.25) is 0 Å². The van der Waals surface area contributed by atoms with Crippen molar-refractivity contribution in [2.24, 2.45) is 0 Å². The van der Waals surface area contributed by atoms with Gasteiger partial charge in [-0.05, 0) is 24.3 Å². The maximum Gasteiger partial charge on any atom is 0.234 e. The fraction of sp³-hybridized carbons (Fsp3) is 0.650. The van der Waals surface area contributed by atoms with Gasteiger partial charge in [-0.2, -0.15) is 11.8 Å². The summed E-state index contributed by atoms with van der Waals surface area (Å²) in [4.78, 5) is 26.2. The number of nitrogens with zero attached hydrogens (tertiary/aromatic N) is 1. The molecule has 0 radical (unpaired) electrons. The zero-order valence-corrected chi connectivity index (χ0v) is 17.3. The van der Waals surface area contributed by atoms with Gasteiger partial charge in [-0.1, -0.05) is 64.7 Å². The number of carbonyl (C=O) groups is 2. The molecule has 2 amide bonds. The van der Waals surface area contributed by atoms with E-state index in [2.05, 4.69) is 28.1 Å². The first-order chi connectivity index (χ1) is 13.3. The number of nitrogens with one attached hydrogen (secondary N) is 3. The second-order valence-corrected chi connectivity index (χ2v) is 7.71. The van der Waals surface area contributed by atoms with E-state index in [0.29, 0.717) is 23.7 Å². The first kappa shape index (κ1) is 23.3. The highest BCUT2D eigenvalue weighted by molar-refractivity contribution is 7.99. The Morgan fingerprint density at radius 3 is 2.30 bits per heavy atom. The van der Waals surface area contributed by atoms with Crippen LogP contribution in [-0.4, -0.2) is 28.8 Å².